The molecule has 0 saturated carbocycles. The molecule has 0 radical (unpaired) electrons. The Bertz CT molecular complexity index is 419. The molecule has 2 N–H and O–H groups in total. The number of carbonyl (C=O) groups excluding carboxylic acids is 1. The van der Waals surface area contributed by atoms with E-state index < -0.39 is 17.3 Å². The Morgan fingerprint density at radius 2 is 2.36 bits per heavy atom. The molecule has 0 fully saturated rings. The van der Waals surface area contributed by atoms with Gasteiger partial charge in [-0.25, -0.2) is 4.79 Å². The van der Waals surface area contributed by atoms with Crippen LogP contribution in [0.15, 0.2) is 23.1 Å². The second kappa shape index (κ2) is 4.27. The van der Waals surface area contributed by atoms with Gasteiger partial charge in [-0.1, -0.05) is 0 Å². The van der Waals surface area contributed by atoms with Crippen LogP contribution < -0.4 is 5.56 Å². The number of hydrogen-bond acceptors (Lipinski definition) is 4. The number of H-pyrrole nitrogens is 1. The first-order chi connectivity index (χ1) is 6.63. The second-order valence-corrected chi connectivity index (χ2v) is 2.50. The van der Waals surface area contributed by atoms with Crippen LogP contribution in [0, 0.1) is 0 Å². The van der Waals surface area contributed by atoms with E-state index in [1.807, 2.05) is 0 Å². The standard InChI is InChI=1S/C9H9NO4/c1-14-8(12)3-2-6-4-7(11)9(13)10-5-6/h2-5,11H,1H3,(H,10,13). The summed E-state index contributed by atoms with van der Waals surface area (Å²) < 4.78 is 4.37. The number of nitrogens with one attached hydrogen (secondary N) is 1. The van der Waals surface area contributed by atoms with E-state index in [4.69, 9.17) is 5.11 Å². The normalized spacial score (nSPS) is 10.4. The van der Waals surface area contributed by atoms with Crippen LogP contribution >= 0.6 is 0 Å². The zero-order valence-electron chi connectivity index (χ0n) is 7.48. The highest BCUT2D eigenvalue weighted by Gasteiger charge is 1.97. The van der Waals surface area contributed by atoms with Crippen molar-refractivity contribution in [3.63, 3.8) is 0 Å². The molecule has 1 aromatic rings. The number of pyridine rings is 1. The van der Waals surface area contributed by atoms with Crippen molar-refractivity contribution in [3.8, 4) is 5.75 Å². The lowest BCUT2D eigenvalue weighted by Gasteiger charge is -1.94. The smallest absolute Gasteiger partial charge is 0.330 e. The molecule has 0 aliphatic rings. The van der Waals surface area contributed by atoms with E-state index >= 15 is 0 Å². The molecule has 1 heterocycles. The molecule has 0 spiro atoms. The van der Waals surface area contributed by atoms with E-state index in [-0.39, 0.29) is 0 Å². The zero-order valence-corrected chi connectivity index (χ0v) is 7.48. The Morgan fingerprint density at radius 3 is 2.93 bits per heavy atom. The van der Waals surface area contributed by atoms with Crippen LogP contribution in [0.1, 0.15) is 5.56 Å². The predicted octanol–water partition coefficient (Wildman–Crippen LogP) is 0.267. The van der Waals surface area contributed by atoms with Gasteiger partial charge in [0.1, 0.15) is 0 Å². The van der Waals surface area contributed by atoms with Gasteiger partial charge in [0.15, 0.2) is 5.75 Å². The molecule has 74 valence electrons. The number of carbonyl (C=O) groups is 1. The number of rotatable bonds is 2. The summed E-state index contributed by atoms with van der Waals surface area (Å²) in [6, 6.07) is 1.25. The van der Waals surface area contributed by atoms with Gasteiger partial charge in [-0.2, -0.15) is 0 Å². The van der Waals surface area contributed by atoms with E-state index in [2.05, 4.69) is 9.72 Å². The Morgan fingerprint density at radius 1 is 1.64 bits per heavy atom. The van der Waals surface area contributed by atoms with Crippen molar-refractivity contribution >= 4 is 12.0 Å². The number of esters is 1. The lowest BCUT2D eigenvalue weighted by Crippen LogP contribution is -2.03. The first-order valence-electron chi connectivity index (χ1n) is 3.81. The van der Waals surface area contributed by atoms with Crippen LogP contribution in [0.3, 0.4) is 0 Å². The molecule has 0 bridgehead atoms. The molecule has 0 aromatic carbocycles. The predicted molar refractivity (Wildman–Crippen MR) is 49.8 cm³/mol. The highest BCUT2D eigenvalue weighted by molar-refractivity contribution is 5.86. The largest absolute Gasteiger partial charge is 0.503 e. The number of hydrogen-bond donors (Lipinski definition) is 2. The molecule has 0 unspecified atom stereocenters. The van der Waals surface area contributed by atoms with Crippen molar-refractivity contribution in [1.82, 2.24) is 4.98 Å². The molecular weight excluding hydrogens is 186 g/mol. The third-order valence-corrected chi connectivity index (χ3v) is 1.52. The molecule has 0 amide bonds. The quantitative estimate of drug-likeness (QED) is 0.524. The number of aromatic amines is 1. The average Bonchev–Trinajstić information content (AvgIpc) is 2.19. The number of aromatic nitrogens is 1. The number of ether oxygens (including phenoxy) is 1. The summed E-state index contributed by atoms with van der Waals surface area (Å²) in [5.41, 5.74) is -0.0623. The van der Waals surface area contributed by atoms with Gasteiger partial charge in [0, 0.05) is 12.3 Å². The van der Waals surface area contributed by atoms with Crippen molar-refractivity contribution in [2.75, 3.05) is 7.11 Å². The summed E-state index contributed by atoms with van der Waals surface area (Å²) >= 11 is 0. The van der Waals surface area contributed by atoms with Gasteiger partial charge in [0.2, 0.25) is 0 Å². The summed E-state index contributed by atoms with van der Waals surface area (Å²) in [4.78, 5) is 23.7. The van der Waals surface area contributed by atoms with Crippen LogP contribution in [0.25, 0.3) is 6.08 Å². The molecule has 5 nitrogen and oxygen atoms in total. The van der Waals surface area contributed by atoms with Gasteiger partial charge in [-0.15, -0.1) is 0 Å². The average molecular weight is 195 g/mol. The van der Waals surface area contributed by atoms with Gasteiger partial charge in [0.25, 0.3) is 5.56 Å². The minimum absolute atomic E-state index is 0.392. The minimum atomic E-state index is -0.569. The number of methoxy groups -OCH3 is 1. The maximum atomic E-state index is 10.7. The van der Waals surface area contributed by atoms with Crippen molar-refractivity contribution in [2.24, 2.45) is 0 Å². The van der Waals surface area contributed by atoms with Crippen LogP contribution in [0.2, 0.25) is 0 Å². The van der Waals surface area contributed by atoms with E-state index in [1.54, 1.807) is 0 Å². The van der Waals surface area contributed by atoms with Crippen LogP contribution in [-0.2, 0) is 9.53 Å². The summed E-state index contributed by atoms with van der Waals surface area (Å²) in [5.74, 6) is -0.896. The second-order valence-electron chi connectivity index (χ2n) is 2.50. The first kappa shape index (κ1) is 10.0. The van der Waals surface area contributed by atoms with Gasteiger partial charge in [-0.05, 0) is 17.7 Å². The minimum Gasteiger partial charge on any atom is -0.503 e. The maximum Gasteiger partial charge on any atom is 0.330 e. The Kier molecular flexibility index (Phi) is 3.06. The Balaban J connectivity index is 2.88. The van der Waals surface area contributed by atoms with Crippen molar-refractivity contribution < 1.29 is 14.6 Å². The van der Waals surface area contributed by atoms with Gasteiger partial charge >= 0.3 is 5.97 Å². The lowest BCUT2D eigenvalue weighted by atomic mass is 10.2. The Labute approximate surface area is 79.7 Å². The van der Waals surface area contributed by atoms with Crippen LogP contribution in [-0.4, -0.2) is 23.2 Å². The third kappa shape index (κ3) is 2.48. The highest BCUT2D eigenvalue weighted by atomic mass is 16.5. The van der Waals surface area contributed by atoms with Gasteiger partial charge in [0.05, 0.1) is 7.11 Å². The van der Waals surface area contributed by atoms with Crippen molar-refractivity contribution in [2.45, 2.75) is 0 Å². The molecule has 14 heavy (non-hydrogen) atoms. The third-order valence-electron chi connectivity index (χ3n) is 1.52. The summed E-state index contributed by atoms with van der Waals surface area (Å²) in [7, 11) is 1.26. The topological polar surface area (TPSA) is 79.4 Å². The molecule has 5 heteroatoms. The molecule has 1 rings (SSSR count). The summed E-state index contributed by atoms with van der Waals surface area (Å²) in [6.45, 7) is 0. The van der Waals surface area contributed by atoms with Crippen molar-refractivity contribution in [1.29, 1.82) is 0 Å². The van der Waals surface area contributed by atoms with E-state index in [9.17, 15) is 9.59 Å². The van der Waals surface area contributed by atoms with Gasteiger partial charge in [-0.3, -0.25) is 4.79 Å². The molecular formula is C9H9NO4. The van der Waals surface area contributed by atoms with Gasteiger partial charge < -0.3 is 14.8 Å². The Hall–Kier alpha value is -2.04. The van der Waals surface area contributed by atoms with E-state index in [0.29, 0.717) is 5.56 Å². The molecule has 0 atom stereocenters. The lowest BCUT2D eigenvalue weighted by molar-refractivity contribution is -0.134. The molecule has 1 aromatic heterocycles. The fourth-order valence-electron chi connectivity index (χ4n) is 0.816. The van der Waals surface area contributed by atoms with E-state index in [1.165, 1.54) is 31.5 Å². The molecule has 0 aliphatic carbocycles. The highest BCUT2D eigenvalue weighted by Crippen LogP contribution is 2.05. The van der Waals surface area contributed by atoms with Crippen molar-refractivity contribution in [3.05, 3.63) is 34.3 Å². The maximum absolute atomic E-state index is 10.7. The summed E-state index contributed by atoms with van der Waals surface area (Å²) in [5, 5.41) is 9.03. The summed E-state index contributed by atoms with van der Waals surface area (Å²) in [6.07, 6.45) is 3.98. The monoisotopic (exact) mass is 195 g/mol. The van der Waals surface area contributed by atoms with Crippen LogP contribution in [0.5, 0.6) is 5.75 Å². The zero-order chi connectivity index (χ0) is 10.6. The fourth-order valence-corrected chi connectivity index (χ4v) is 0.816. The molecule has 0 aliphatic heterocycles. The van der Waals surface area contributed by atoms with Crippen LogP contribution in [0.4, 0.5) is 0 Å². The number of aromatic hydroxyl groups is 1. The fraction of sp³-hybridized carbons (Fsp3) is 0.111. The van der Waals surface area contributed by atoms with E-state index in [0.717, 1.165) is 0 Å². The first-order valence-corrected chi connectivity index (χ1v) is 3.81. The SMILES string of the molecule is COC(=O)C=Cc1c[nH]c(=O)c(O)c1. The molecule has 0 saturated heterocycles.